The van der Waals surface area contributed by atoms with E-state index in [9.17, 15) is 9.18 Å². The molecule has 3 nitrogen and oxygen atoms in total. The third-order valence-electron chi connectivity index (χ3n) is 2.63. The van der Waals surface area contributed by atoms with Crippen LogP contribution in [-0.2, 0) is 5.75 Å². The molecular formula is C15H10FNO2S. The highest BCUT2D eigenvalue weighted by atomic mass is 32.2. The molecule has 2 aromatic rings. The van der Waals surface area contributed by atoms with Crippen LogP contribution in [0.25, 0.3) is 0 Å². The second-order valence-electron chi connectivity index (χ2n) is 4.05. The van der Waals surface area contributed by atoms with Gasteiger partial charge in [-0.2, -0.15) is 5.26 Å². The number of carboxylic acid groups (broad SMARTS) is 1. The van der Waals surface area contributed by atoms with Crippen LogP contribution in [0.5, 0.6) is 0 Å². The number of rotatable bonds is 4. The van der Waals surface area contributed by atoms with Gasteiger partial charge in [0.05, 0.1) is 17.2 Å². The molecule has 100 valence electrons. The fraction of sp³-hybridized carbons (Fsp3) is 0.0667. The summed E-state index contributed by atoms with van der Waals surface area (Å²) in [5.74, 6) is -1.44. The Labute approximate surface area is 119 Å². The van der Waals surface area contributed by atoms with Crippen molar-refractivity contribution in [2.75, 3.05) is 0 Å². The van der Waals surface area contributed by atoms with E-state index < -0.39 is 11.8 Å². The lowest BCUT2D eigenvalue weighted by atomic mass is 10.2. The lowest BCUT2D eigenvalue weighted by molar-refractivity contribution is 0.0691. The van der Waals surface area contributed by atoms with Crippen molar-refractivity contribution in [1.29, 1.82) is 5.26 Å². The Hall–Kier alpha value is -2.32. The molecule has 2 rings (SSSR count). The van der Waals surface area contributed by atoms with E-state index in [-0.39, 0.29) is 5.56 Å². The number of carboxylic acids is 1. The van der Waals surface area contributed by atoms with Crippen LogP contribution in [-0.4, -0.2) is 11.1 Å². The van der Waals surface area contributed by atoms with Crippen LogP contribution >= 0.6 is 11.8 Å². The zero-order valence-corrected chi connectivity index (χ0v) is 11.2. The highest BCUT2D eigenvalue weighted by Gasteiger charge is 2.11. The predicted octanol–water partition coefficient (Wildman–Crippen LogP) is 3.69. The quantitative estimate of drug-likeness (QED) is 0.871. The lowest BCUT2D eigenvalue weighted by Gasteiger charge is -2.04. The zero-order valence-electron chi connectivity index (χ0n) is 10.3. The Bertz CT molecular complexity index is 695. The highest BCUT2D eigenvalue weighted by Crippen LogP contribution is 2.25. The minimum absolute atomic E-state index is 0.333. The minimum atomic E-state index is -1.28. The van der Waals surface area contributed by atoms with Gasteiger partial charge in [-0.25, -0.2) is 9.18 Å². The summed E-state index contributed by atoms with van der Waals surface area (Å²) in [5.41, 5.74) is 1.20. The number of halogens is 1. The van der Waals surface area contributed by atoms with E-state index in [1.165, 1.54) is 17.8 Å². The van der Waals surface area contributed by atoms with Crippen LogP contribution in [0.4, 0.5) is 4.39 Å². The fourth-order valence-corrected chi connectivity index (χ4v) is 2.53. The normalized spacial score (nSPS) is 10.0. The molecule has 0 aliphatic heterocycles. The molecule has 0 aromatic heterocycles. The average Bonchev–Trinajstić information content (AvgIpc) is 2.46. The molecule has 0 amide bonds. The molecule has 2 aromatic carbocycles. The molecule has 0 bridgehead atoms. The van der Waals surface area contributed by atoms with Gasteiger partial charge in [0.25, 0.3) is 0 Å². The molecule has 0 radical (unpaired) electrons. The van der Waals surface area contributed by atoms with Gasteiger partial charge in [0, 0.05) is 10.6 Å². The molecule has 1 N–H and O–H groups in total. The largest absolute Gasteiger partial charge is 0.478 e. The van der Waals surface area contributed by atoms with Gasteiger partial charge in [-0.05, 0) is 35.9 Å². The molecule has 0 fully saturated rings. The zero-order chi connectivity index (χ0) is 14.5. The maximum absolute atomic E-state index is 13.3. The predicted molar refractivity (Wildman–Crippen MR) is 74.1 cm³/mol. The smallest absolute Gasteiger partial charge is 0.338 e. The van der Waals surface area contributed by atoms with Crippen molar-refractivity contribution < 1.29 is 14.3 Å². The number of thioether (sulfide) groups is 1. The van der Waals surface area contributed by atoms with Gasteiger partial charge in [-0.1, -0.05) is 12.1 Å². The van der Waals surface area contributed by atoms with E-state index in [2.05, 4.69) is 6.07 Å². The topological polar surface area (TPSA) is 61.1 Å². The standard InChI is InChI=1S/C15H10FNO2S/c16-14-5-4-12(7-13(14)15(18)19)20-9-11-3-1-2-10(6-11)8-17/h1-7H,9H2,(H,18,19). The maximum atomic E-state index is 13.3. The SMILES string of the molecule is N#Cc1cccc(CSc2ccc(F)c(C(=O)O)c2)c1. The van der Waals surface area contributed by atoms with Gasteiger partial charge in [0.15, 0.2) is 0 Å². The number of carbonyl (C=O) groups is 1. The van der Waals surface area contributed by atoms with Gasteiger partial charge in [0.1, 0.15) is 5.82 Å². The molecule has 5 heteroatoms. The first-order chi connectivity index (χ1) is 9.60. The summed E-state index contributed by atoms with van der Waals surface area (Å²) >= 11 is 1.39. The van der Waals surface area contributed by atoms with E-state index in [0.29, 0.717) is 16.2 Å². The van der Waals surface area contributed by atoms with Gasteiger partial charge in [-0.15, -0.1) is 11.8 Å². The Morgan fingerprint density at radius 3 is 2.80 bits per heavy atom. The molecule has 0 unspecified atom stereocenters. The second kappa shape index (κ2) is 6.22. The minimum Gasteiger partial charge on any atom is -0.478 e. The summed E-state index contributed by atoms with van der Waals surface area (Å²) in [4.78, 5) is 11.5. The van der Waals surface area contributed by atoms with Crippen LogP contribution in [0.15, 0.2) is 47.4 Å². The lowest BCUT2D eigenvalue weighted by Crippen LogP contribution is -2.00. The van der Waals surface area contributed by atoms with Gasteiger partial charge in [-0.3, -0.25) is 0 Å². The van der Waals surface area contributed by atoms with Crippen LogP contribution in [0, 0.1) is 17.1 Å². The number of benzene rings is 2. The molecule has 0 aliphatic carbocycles. The summed E-state index contributed by atoms with van der Waals surface area (Å²) in [6, 6.07) is 13.2. The van der Waals surface area contributed by atoms with Crippen molar-refractivity contribution >= 4 is 17.7 Å². The van der Waals surface area contributed by atoms with E-state index >= 15 is 0 Å². The molecule has 0 aliphatic rings. The number of nitrogens with zero attached hydrogens (tertiary/aromatic N) is 1. The number of hydrogen-bond donors (Lipinski definition) is 1. The monoisotopic (exact) mass is 287 g/mol. The second-order valence-corrected chi connectivity index (χ2v) is 5.10. The van der Waals surface area contributed by atoms with Crippen molar-refractivity contribution in [2.45, 2.75) is 10.6 Å². The molecular weight excluding hydrogens is 277 g/mol. The van der Waals surface area contributed by atoms with Gasteiger partial charge in [0.2, 0.25) is 0 Å². The summed E-state index contributed by atoms with van der Waals surface area (Å²) in [5, 5.41) is 17.7. The molecule has 0 saturated heterocycles. The van der Waals surface area contributed by atoms with E-state index in [0.717, 1.165) is 11.6 Å². The summed E-state index contributed by atoms with van der Waals surface area (Å²) in [6.07, 6.45) is 0. The Morgan fingerprint density at radius 2 is 2.10 bits per heavy atom. The third-order valence-corrected chi connectivity index (χ3v) is 3.69. The first-order valence-corrected chi connectivity index (χ1v) is 6.73. The average molecular weight is 287 g/mol. The first-order valence-electron chi connectivity index (χ1n) is 5.75. The molecule has 20 heavy (non-hydrogen) atoms. The summed E-state index contributed by atoms with van der Waals surface area (Å²) in [7, 11) is 0. The fourth-order valence-electron chi connectivity index (χ4n) is 1.66. The van der Waals surface area contributed by atoms with Crippen molar-refractivity contribution in [3.8, 4) is 6.07 Å². The Balaban J connectivity index is 2.13. The van der Waals surface area contributed by atoms with E-state index in [1.54, 1.807) is 24.3 Å². The van der Waals surface area contributed by atoms with E-state index in [1.807, 2.05) is 6.07 Å². The van der Waals surface area contributed by atoms with Crippen molar-refractivity contribution in [2.24, 2.45) is 0 Å². The van der Waals surface area contributed by atoms with Crippen LogP contribution < -0.4 is 0 Å². The number of hydrogen-bond acceptors (Lipinski definition) is 3. The van der Waals surface area contributed by atoms with Gasteiger partial charge < -0.3 is 5.11 Å². The van der Waals surface area contributed by atoms with Crippen LogP contribution in [0.1, 0.15) is 21.5 Å². The molecule has 0 heterocycles. The number of nitriles is 1. The molecule has 0 saturated carbocycles. The highest BCUT2D eigenvalue weighted by molar-refractivity contribution is 7.98. The van der Waals surface area contributed by atoms with Crippen molar-refractivity contribution in [3.05, 3.63) is 65.0 Å². The first kappa shape index (κ1) is 14.1. The molecule has 0 atom stereocenters. The van der Waals surface area contributed by atoms with Crippen LogP contribution in [0.3, 0.4) is 0 Å². The van der Waals surface area contributed by atoms with E-state index in [4.69, 9.17) is 10.4 Å². The summed E-state index contributed by atoms with van der Waals surface area (Å²) in [6.45, 7) is 0. The van der Waals surface area contributed by atoms with Crippen LogP contribution in [0.2, 0.25) is 0 Å². The maximum Gasteiger partial charge on any atom is 0.338 e. The Kier molecular flexibility index (Phi) is 4.38. The Morgan fingerprint density at radius 1 is 1.30 bits per heavy atom. The summed E-state index contributed by atoms with van der Waals surface area (Å²) < 4.78 is 13.3. The van der Waals surface area contributed by atoms with Crippen molar-refractivity contribution in [3.63, 3.8) is 0 Å². The number of aromatic carboxylic acids is 1. The molecule has 0 spiro atoms. The van der Waals surface area contributed by atoms with Crippen molar-refractivity contribution in [1.82, 2.24) is 0 Å². The third kappa shape index (κ3) is 3.37. The van der Waals surface area contributed by atoms with Gasteiger partial charge >= 0.3 is 5.97 Å².